The Bertz CT molecular complexity index is 281. The maximum absolute atomic E-state index is 11.7. The minimum Gasteiger partial charge on any atom is -0.352 e. The summed E-state index contributed by atoms with van der Waals surface area (Å²) in [7, 11) is 1.78. The molecule has 0 aromatic heterocycles. The molecule has 17 heavy (non-hydrogen) atoms. The van der Waals surface area contributed by atoms with Crippen molar-refractivity contribution in [1.82, 2.24) is 15.5 Å². The van der Waals surface area contributed by atoms with E-state index in [1.165, 1.54) is 0 Å². The fourth-order valence-corrected chi connectivity index (χ4v) is 2.12. The molecule has 5 nitrogen and oxygen atoms in total. The van der Waals surface area contributed by atoms with E-state index in [1.807, 2.05) is 13.8 Å². The summed E-state index contributed by atoms with van der Waals surface area (Å²) in [5.41, 5.74) is 0. The highest BCUT2D eigenvalue weighted by Crippen LogP contribution is 2.09. The number of amides is 2. The Morgan fingerprint density at radius 2 is 2.29 bits per heavy atom. The number of hydrogen-bond donors (Lipinski definition) is 2. The predicted molar refractivity (Wildman–Crippen MR) is 66.6 cm³/mol. The minimum absolute atomic E-state index is 0.0613. The molecular weight excluding hydrogens is 218 g/mol. The average molecular weight is 241 g/mol. The van der Waals surface area contributed by atoms with E-state index in [0.29, 0.717) is 19.4 Å². The molecule has 1 rings (SSSR count). The van der Waals surface area contributed by atoms with Gasteiger partial charge in [0.2, 0.25) is 11.8 Å². The van der Waals surface area contributed by atoms with Gasteiger partial charge in [0.05, 0.1) is 0 Å². The molecule has 1 heterocycles. The molecule has 0 aromatic carbocycles. The third kappa shape index (κ3) is 4.73. The number of piperidine rings is 1. The maximum Gasteiger partial charge on any atom is 0.222 e. The van der Waals surface area contributed by atoms with E-state index in [9.17, 15) is 9.59 Å². The number of likely N-dealkylation sites (tertiary alicyclic amines) is 1. The predicted octanol–water partition coefficient (Wildman–Crippen LogP) is 0.112. The molecule has 1 aliphatic rings. The highest BCUT2D eigenvalue weighted by molar-refractivity contribution is 5.79. The van der Waals surface area contributed by atoms with Crippen LogP contribution in [0.2, 0.25) is 0 Å². The van der Waals surface area contributed by atoms with Crippen LogP contribution in [0.1, 0.15) is 33.1 Å². The molecule has 1 aliphatic heterocycles. The first-order chi connectivity index (χ1) is 8.02. The van der Waals surface area contributed by atoms with Crippen molar-refractivity contribution >= 4 is 11.8 Å². The molecule has 1 saturated heterocycles. The molecule has 98 valence electrons. The lowest BCUT2D eigenvalue weighted by molar-refractivity contribution is -0.134. The molecule has 1 fully saturated rings. The van der Waals surface area contributed by atoms with Crippen LogP contribution in [-0.2, 0) is 9.59 Å². The van der Waals surface area contributed by atoms with Crippen LogP contribution in [0.25, 0.3) is 0 Å². The molecule has 2 N–H and O–H groups in total. The van der Waals surface area contributed by atoms with Crippen molar-refractivity contribution in [3.8, 4) is 0 Å². The maximum atomic E-state index is 11.7. The summed E-state index contributed by atoms with van der Waals surface area (Å²) < 4.78 is 0. The van der Waals surface area contributed by atoms with E-state index in [4.69, 9.17) is 0 Å². The standard InChI is InChI=1S/C12H23N3O2/c1-4-13-9(2)7-11(16)14-10-5-6-12(17)15(3)8-10/h9-10,13H,4-8H2,1-3H3,(H,14,16). The van der Waals surface area contributed by atoms with Crippen molar-refractivity contribution in [2.75, 3.05) is 20.1 Å². The van der Waals surface area contributed by atoms with Gasteiger partial charge < -0.3 is 15.5 Å². The molecule has 0 aliphatic carbocycles. The molecule has 0 saturated carbocycles. The highest BCUT2D eigenvalue weighted by atomic mass is 16.2. The number of rotatable bonds is 5. The smallest absolute Gasteiger partial charge is 0.222 e. The van der Waals surface area contributed by atoms with Crippen LogP contribution in [0.4, 0.5) is 0 Å². The molecule has 2 amide bonds. The highest BCUT2D eigenvalue weighted by Gasteiger charge is 2.24. The van der Waals surface area contributed by atoms with Crippen molar-refractivity contribution in [2.24, 2.45) is 0 Å². The number of carbonyl (C=O) groups is 2. The summed E-state index contributed by atoms with van der Waals surface area (Å²) in [4.78, 5) is 24.7. The van der Waals surface area contributed by atoms with E-state index in [1.54, 1.807) is 11.9 Å². The first kappa shape index (κ1) is 14.0. The lowest BCUT2D eigenvalue weighted by Crippen LogP contribution is -2.49. The first-order valence-electron chi connectivity index (χ1n) is 6.29. The largest absolute Gasteiger partial charge is 0.352 e. The van der Waals surface area contributed by atoms with Gasteiger partial charge in [-0.15, -0.1) is 0 Å². The number of carbonyl (C=O) groups excluding carboxylic acids is 2. The van der Waals surface area contributed by atoms with E-state index in [2.05, 4.69) is 10.6 Å². The fourth-order valence-electron chi connectivity index (χ4n) is 2.12. The van der Waals surface area contributed by atoms with Crippen molar-refractivity contribution in [1.29, 1.82) is 0 Å². The lowest BCUT2D eigenvalue weighted by Gasteiger charge is -2.30. The van der Waals surface area contributed by atoms with Crippen LogP contribution in [0.5, 0.6) is 0 Å². The molecule has 0 bridgehead atoms. The fraction of sp³-hybridized carbons (Fsp3) is 0.833. The van der Waals surface area contributed by atoms with Gasteiger partial charge in [-0.05, 0) is 19.9 Å². The second kappa shape index (κ2) is 6.59. The SMILES string of the molecule is CCNC(C)CC(=O)NC1CCC(=O)N(C)C1. The molecular formula is C12H23N3O2. The van der Waals surface area contributed by atoms with E-state index in [-0.39, 0.29) is 23.9 Å². The Balaban J connectivity index is 2.29. The zero-order valence-electron chi connectivity index (χ0n) is 11.0. The van der Waals surface area contributed by atoms with Crippen molar-refractivity contribution in [2.45, 2.75) is 45.2 Å². The van der Waals surface area contributed by atoms with Gasteiger partial charge in [0, 0.05) is 38.5 Å². The van der Waals surface area contributed by atoms with Gasteiger partial charge in [0.1, 0.15) is 0 Å². The quantitative estimate of drug-likeness (QED) is 0.718. The second-order valence-corrected chi connectivity index (χ2v) is 4.74. The van der Waals surface area contributed by atoms with Crippen molar-refractivity contribution < 1.29 is 9.59 Å². The van der Waals surface area contributed by atoms with Gasteiger partial charge in [-0.3, -0.25) is 9.59 Å². The molecule has 5 heteroatoms. The zero-order valence-corrected chi connectivity index (χ0v) is 11.0. The van der Waals surface area contributed by atoms with Gasteiger partial charge in [-0.1, -0.05) is 6.92 Å². The van der Waals surface area contributed by atoms with Crippen molar-refractivity contribution in [3.63, 3.8) is 0 Å². The Kier molecular flexibility index (Phi) is 5.41. The van der Waals surface area contributed by atoms with Crippen molar-refractivity contribution in [3.05, 3.63) is 0 Å². The van der Waals surface area contributed by atoms with E-state index in [0.717, 1.165) is 13.0 Å². The van der Waals surface area contributed by atoms with Crippen LogP contribution >= 0.6 is 0 Å². The summed E-state index contributed by atoms with van der Waals surface area (Å²) in [6, 6.07) is 0.307. The Morgan fingerprint density at radius 1 is 1.59 bits per heavy atom. The second-order valence-electron chi connectivity index (χ2n) is 4.74. The first-order valence-corrected chi connectivity index (χ1v) is 6.29. The molecule has 0 spiro atoms. The monoisotopic (exact) mass is 241 g/mol. The number of hydrogen-bond acceptors (Lipinski definition) is 3. The zero-order chi connectivity index (χ0) is 12.8. The average Bonchev–Trinajstić information content (AvgIpc) is 2.23. The van der Waals surface area contributed by atoms with Gasteiger partial charge >= 0.3 is 0 Å². The van der Waals surface area contributed by atoms with E-state index < -0.39 is 0 Å². The van der Waals surface area contributed by atoms with E-state index >= 15 is 0 Å². The van der Waals surface area contributed by atoms with Gasteiger partial charge in [0.15, 0.2) is 0 Å². The number of nitrogens with one attached hydrogen (secondary N) is 2. The Morgan fingerprint density at radius 3 is 2.88 bits per heavy atom. The third-order valence-electron chi connectivity index (χ3n) is 3.04. The summed E-state index contributed by atoms with van der Waals surface area (Å²) >= 11 is 0. The molecule has 0 aromatic rings. The lowest BCUT2D eigenvalue weighted by atomic mass is 10.1. The van der Waals surface area contributed by atoms with Gasteiger partial charge in [-0.2, -0.15) is 0 Å². The number of likely N-dealkylation sites (N-methyl/N-ethyl adjacent to an activating group) is 1. The Labute approximate surface area is 103 Å². The van der Waals surface area contributed by atoms with Crippen LogP contribution in [0.15, 0.2) is 0 Å². The molecule has 2 unspecified atom stereocenters. The van der Waals surface area contributed by atoms with Crippen LogP contribution in [0.3, 0.4) is 0 Å². The van der Waals surface area contributed by atoms with Crippen LogP contribution in [-0.4, -0.2) is 48.9 Å². The summed E-state index contributed by atoms with van der Waals surface area (Å²) in [5.74, 6) is 0.225. The van der Waals surface area contributed by atoms with Crippen LogP contribution in [0, 0.1) is 0 Å². The molecule has 2 atom stereocenters. The normalized spacial score (nSPS) is 22.4. The van der Waals surface area contributed by atoms with Gasteiger partial charge in [-0.25, -0.2) is 0 Å². The van der Waals surface area contributed by atoms with Gasteiger partial charge in [0.25, 0.3) is 0 Å². The summed E-state index contributed by atoms with van der Waals surface area (Å²) in [6.07, 6.45) is 1.77. The number of nitrogens with zero attached hydrogens (tertiary/aromatic N) is 1. The third-order valence-corrected chi connectivity index (χ3v) is 3.04. The summed E-state index contributed by atoms with van der Waals surface area (Å²) in [5, 5.41) is 6.19. The topological polar surface area (TPSA) is 61.4 Å². The van der Waals surface area contributed by atoms with Crippen LogP contribution < -0.4 is 10.6 Å². The minimum atomic E-state index is 0.0613. The Hall–Kier alpha value is -1.10. The summed E-state index contributed by atoms with van der Waals surface area (Å²) in [6.45, 7) is 5.52. The molecule has 0 radical (unpaired) electrons.